The van der Waals surface area contributed by atoms with Gasteiger partial charge in [-0.3, -0.25) is 10.2 Å². The van der Waals surface area contributed by atoms with Gasteiger partial charge in [-0.15, -0.1) is 0 Å². The van der Waals surface area contributed by atoms with Crippen molar-refractivity contribution in [3.8, 4) is 0 Å². The van der Waals surface area contributed by atoms with Gasteiger partial charge in [0.05, 0.1) is 5.56 Å². The van der Waals surface area contributed by atoms with E-state index in [9.17, 15) is 9.59 Å². The Morgan fingerprint density at radius 3 is 2.60 bits per heavy atom. The highest BCUT2D eigenvalue weighted by molar-refractivity contribution is 9.10. The van der Waals surface area contributed by atoms with Gasteiger partial charge in [-0.1, -0.05) is 11.6 Å². The van der Waals surface area contributed by atoms with Gasteiger partial charge in [0.15, 0.2) is 0 Å². The molecule has 0 aromatic heterocycles. The summed E-state index contributed by atoms with van der Waals surface area (Å²) in [5, 5.41) is 0. The van der Waals surface area contributed by atoms with Gasteiger partial charge in [0.25, 0.3) is 5.91 Å². The van der Waals surface area contributed by atoms with Crippen LogP contribution in [0.1, 0.15) is 15.9 Å². The van der Waals surface area contributed by atoms with Crippen molar-refractivity contribution in [3.05, 3.63) is 33.8 Å². The fourth-order valence-electron chi connectivity index (χ4n) is 0.999. The van der Waals surface area contributed by atoms with Crippen LogP contribution < -0.4 is 16.6 Å². The van der Waals surface area contributed by atoms with Crippen LogP contribution in [0, 0.1) is 6.92 Å². The molecule has 1 rings (SSSR count). The summed E-state index contributed by atoms with van der Waals surface area (Å²) in [6, 6.07) is 4.51. The quantitative estimate of drug-likeness (QED) is 0.668. The molecule has 0 aliphatic carbocycles. The third-order valence-electron chi connectivity index (χ3n) is 1.67. The second-order valence-electron chi connectivity index (χ2n) is 2.93. The Kier molecular flexibility index (Phi) is 3.68. The summed E-state index contributed by atoms with van der Waals surface area (Å²) in [4.78, 5) is 21.9. The molecule has 80 valence electrons. The molecule has 0 aliphatic heterocycles. The minimum atomic E-state index is -0.813. The first-order valence-electron chi connectivity index (χ1n) is 4.12. The molecule has 5 nitrogen and oxygen atoms in total. The maximum Gasteiger partial charge on any atom is 0.330 e. The molecular formula is C9H10BrN3O2. The Morgan fingerprint density at radius 2 is 2.00 bits per heavy atom. The summed E-state index contributed by atoms with van der Waals surface area (Å²) in [6.07, 6.45) is 0. The van der Waals surface area contributed by atoms with E-state index in [1.54, 1.807) is 12.1 Å². The molecule has 0 heterocycles. The van der Waals surface area contributed by atoms with Crippen LogP contribution in [0.3, 0.4) is 0 Å². The molecule has 0 atom stereocenters. The highest BCUT2D eigenvalue weighted by atomic mass is 79.9. The zero-order chi connectivity index (χ0) is 11.4. The van der Waals surface area contributed by atoms with Crippen LogP contribution in [0.15, 0.2) is 22.7 Å². The Bertz CT molecular complexity index is 406. The van der Waals surface area contributed by atoms with Gasteiger partial charge in [0, 0.05) is 4.47 Å². The van der Waals surface area contributed by atoms with Crippen molar-refractivity contribution in [1.82, 2.24) is 10.9 Å². The van der Waals surface area contributed by atoms with Crippen LogP contribution in [0.5, 0.6) is 0 Å². The molecule has 0 saturated heterocycles. The number of benzene rings is 1. The molecular weight excluding hydrogens is 262 g/mol. The predicted octanol–water partition coefficient (Wildman–Crippen LogP) is 1.07. The predicted molar refractivity (Wildman–Crippen MR) is 59.1 cm³/mol. The Hall–Kier alpha value is -1.56. The Morgan fingerprint density at radius 1 is 1.33 bits per heavy atom. The van der Waals surface area contributed by atoms with Gasteiger partial charge in [0.2, 0.25) is 0 Å². The van der Waals surface area contributed by atoms with Crippen LogP contribution in [0.25, 0.3) is 0 Å². The number of rotatable bonds is 1. The molecule has 3 amide bonds. The number of nitrogens with two attached hydrogens (primary N) is 1. The first-order chi connectivity index (χ1) is 7.00. The molecule has 6 heteroatoms. The molecule has 0 saturated carbocycles. The maximum absolute atomic E-state index is 11.5. The zero-order valence-corrected chi connectivity index (χ0v) is 9.59. The fraction of sp³-hybridized carbons (Fsp3) is 0.111. The number of halogens is 1. The van der Waals surface area contributed by atoms with Crippen molar-refractivity contribution < 1.29 is 9.59 Å². The van der Waals surface area contributed by atoms with E-state index in [1.807, 2.05) is 18.4 Å². The maximum atomic E-state index is 11.5. The number of aryl methyl sites for hydroxylation is 1. The molecule has 0 spiro atoms. The van der Waals surface area contributed by atoms with E-state index in [-0.39, 0.29) is 0 Å². The van der Waals surface area contributed by atoms with E-state index in [4.69, 9.17) is 5.73 Å². The van der Waals surface area contributed by atoms with Gasteiger partial charge < -0.3 is 5.73 Å². The monoisotopic (exact) mass is 271 g/mol. The van der Waals surface area contributed by atoms with Crippen LogP contribution in [0.2, 0.25) is 0 Å². The van der Waals surface area contributed by atoms with E-state index < -0.39 is 11.9 Å². The number of primary amides is 1. The first kappa shape index (κ1) is 11.5. The minimum Gasteiger partial charge on any atom is -0.350 e. The molecule has 0 aliphatic rings. The Balaban J connectivity index is 2.81. The third-order valence-corrected chi connectivity index (χ3v) is 2.36. The molecule has 1 aromatic carbocycles. The number of hydrazine groups is 1. The molecule has 1 aromatic rings. The second-order valence-corrected chi connectivity index (χ2v) is 3.78. The lowest BCUT2D eigenvalue weighted by Crippen LogP contribution is -2.44. The molecule has 0 bridgehead atoms. The summed E-state index contributed by atoms with van der Waals surface area (Å²) < 4.78 is 0.650. The zero-order valence-electron chi connectivity index (χ0n) is 8.00. The highest BCUT2D eigenvalue weighted by Gasteiger charge is 2.09. The number of hydrogen-bond donors (Lipinski definition) is 3. The average Bonchev–Trinajstić information content (AvgIpc) is 2.18. The largest absolute Gasteiger partial charge is 0.350 e. The minimum absolute atomic E-state index is 0.427. The lowest BCUT2D eigenvalue weighted by atomic mass is 10.1. The van der Waals surface area contributed by atoms with Crippen molar-refractivity contribution in [2.75, 3.05) is 0 Å². The summed E-state index contributed by atoms with van der Waals surface area (Å²) in [6.45, 7) is 1.87. The SMILES string of the molecule is Cc1ccc(Br)c(C(=O)NNC(N)=O)c1. The van der Waals surface area contributed by atoms with Gasteiger partial charge in [-0.2, -0.15) is 0 Å². The van der Waals surface area contributed by atoms with Gasteiger partial charge in [-0.05, 0) is 35.0 Å². The normalized spacial score (nSPS) is 9.47. The summed E-state index contributed by atoms with van der Waals surface area (Å²) >= 11 is 3.23. The fourth-order valence-corrected chi connectivity index (χ4v) is 1.43. The van der Waals surface area contributed by atoms with E-state index in [0.29, 0.717) is 10.0 Å². The number of hydrogen-bond acceptors (Lipinski definition) is 2. The van der Waals surface area contributed by atoms with Crippen molar-refractivity contribution in [2.24, 2.45) is 5.73 Å². The second kappa shape index (κ2) is 4.79. The van der Waals surface area contributed by atoms with Crippen LogP contribution in [-0.4, -0.2) is 11.9 Å². The Labute approximate surface area is 95.1 Å². The molecule has 4 N–H and O–H groups in total. The lowest BCUT2D eigenvalue weighted by Gasteiger charge is -2.07. The average molecular weight is 272 g/mol. The van der Waals surface area contributed by atoms with Crippen LogP contribution in [0.4, 0.5) is 4.79 Å². The molecule has 15 heavy (non-hydrogen) atoms. The number of amides is 3. The van der Waals surface area contributed by atoms with Gasteiger partial charge in [0.1, 0.15) is 0 Å². The number of urea groups is 1. The van der Waals surface area contributed by atoms with E-state index in [2.05, 4.69) is 21.4 Å². The standard InChI is InChI=1S/C9H10BrN3O2/c1-5-2-3-7(10)6(4-5)8(14)12-13-9(11)15/h2-4H,1H3,(H,12,14)(H3,11,13,15). The van der Waals surface area contributed by atoms with Crippen molar-refractivity contribution in [1.29, 1.82) is 0 Å². The molecule has 0 unspecified atom stereocenters. The van der Waals surface area contributed by atoms with E-state index in [1.165, 1.54) is 0 Å². The summed E-state index contributed by atoms with van der Waals surface area (Å²) in [7, 11) is 0. The lowest BCUT2D eigenvalue weighted by molar-refractivity contribution is 0.0936. The summed E-state index contributed by atoms with van der Waals surface area (Å²) in [5.41, 5.74) is 10.4. The first-order valence-corrected chi connectivity index (χ1v) is 4.92. The number of carbonyl (C=O) groups excluding carboxylic acids is 2. The van der Waals surface area contributed by atoms with Gasteiger partial charge >= 0.3 is 6.03 Å². The van der Waals surface area contributed by atoms with E-state index in [0.717, 1.165) is 5.56 Å². The number of nitrogens with one attached hydrogen (secondary N) is 2. The molecule has 0 fully saturated rings. The molecule has 0 radical (unpaired) electrons. The van der Waals surface area contributed by atoms with Crippen molar-refractivity contribution in [2.45, 2.75) is 6.92 Å². The third kappa shape index (κ3) is 3.25. The topological polar surface area (TPSA) is 84.2 Å². The summed E-state index contributed by atoms with van der Waals surface area (Å²) in [5.74, 6) is -0.427. The van der Waals surface area contributed by atoms with Gasteiger partial charge in [-0.25, -0.2) is 10.2 Å². The van der Waals surface area contributed by atoms with Crippen LogP contribution >= 0.6 is 15.9 Å². The smallest absolute Gasteiger partial charge is 0.330 e. The van der Waals surface area contributed by atoms with Crippen molar-refractivity contribution >= 4 is 27.9 Å². The highest BCUT2D eigenvalue weighted by Crippen LogP contribution is 2.17. The number of carbonyl (C=O) groups is 2. The van der Waals surface area contributed by atoms with Crippen molar-refractivity contribution in [3.63, 3.8) is 0 Å². The van der Waals surface area contributed by atoms with E-state index >= 15 is 0 Å². The van der Waals surface area contributed by atoms with Crippen LogP contribution in [-0.2, 0) is 0 Å².